The highest BCUT2D eigenvalue weighted by molar-refractivity contribution is 6.19. The highest BCUT2D eigenvalue weighted by Gasteiger charge is 2.38. The van der Waals surface area contributed by atoms with E-state index in [2.05, 4.69) is 11.8 Å². The van der Waals surface area contributed by atoms with Crippen LogP contribution in [0.3, 0.4) is 0 Å². The third kappa shape index (κ3) is 3.36. The van der Waals surface area contributed by atoms with Crippen LogP contribution in [0.25, 0.3) is 0 Å². The molecule has 1 aromatic rings. The molecule has 17 heavy (non-hydrogen) atoms. The first kappa shape index (κ1) is 13.3. The minimum Gasteiger partial charge on any atom is -0.258 e. The molecular weight excluding hydrogens is 259 g/mol. The van der Waals surface area contributed by atoms with Gasteiger partial charge in [0.05, 0.1) is 10.8 Å². The molecule has 0 N–H and O–H groups in total. The van der Waals surface area contributed by atoms with Gasteiger partial charge in [0.25, 0.3) is 5.69 Å². The lowest BCUT2D eigenvalue weighted by Gasteiger charge is -2.07. The highest BCUT2D eigenvalue weighted by atomic mass is 35.5. The molecule has 3 nitrogen and oxygen atoms in total. The summed E-state index contributed by atoms with van der Waals surface area (Å²) in [6, 6.07) is 2.48. The van der Waals surface area contributed by atoms with Crippen molar-refractivity contribution < 1.29 is 18.1 Å². The van der Waals surface area contributed by atoms with Crippen molar-refractivity contribution in [2.75, 3.05) is 5.88 Å². The van der Waals surface area contributed by atoms with Crippen LogP contribution >= 0.6 is 11.6 Å². The van der Waals surface area contributed by atoms with Crippen LogP contribution in [0.5, 0.6) is 0 Å². The first-order valence-electron chi connectivity index (χ1n) is 4.26. The Morgan fingerprint density at radius 1 is 1.41 bits per heavy atom. The maximum atomic E-state index is 12.4. The van der Waals surface area contributed by atoms with Gasteiger partial charge < -0.3 is 0 Å². The molecule has 0 saturated carbocycles. The second-order valence-electron chi connectivity index (χ2n) is 2.92. The standard InChI is InChI=1S/C10H5ClF3NO2/c11-5-1-2-7-3-4-8(10(12,13)14)9(6-7)15(16)17/h3-4,6H,5H2. The first-order valence-corrected chi connectivity index (χ1v) is 4.80. The third-order valence-corrected chi connectivity index (χ3v) is 1.93. The van der Waals surface area contributed by atoms with Crippen LogP contribution in [0.1, 0.15) is 11.1 Å². The lowest BCUT2D eigenvalue weighted by atomic mass is 10.1. The third-order valence-electron chi connectivity index (χ3n) is 1.80. The molecule has 0 saturated heterocycles. The number of alkyl halides is 4. The van der Waals surface area contributed by atoms with E-state index >= 15 is 0 Å². The van der Waals surface area contributed by atoms with Gasteiger partial charge in [0.15, 0.2) is 0 Å². The van der Waals surface area contributed by atoms with Gasteiger partial charge >= 0.3 is 6.18 Å². The number of hydrogen-bond acceptors (Lipinski definition) is 2. The molecule has 1 rings (SSSR count). The van der Waals surface area contributed by atoms with Gasteiger partial charge in [0, 0.05) is 11.6 Å². The zero-order valence-corrected chi connectivity index (χ0v) is 8.97. The summed E-state index contributed by atoms with van der Waals surface area (Å²) in [5, 5.41) is 10.5. The Kier molecular flexibility index (Phi) is 3.97. The van der Waals surface area contributed by atoms with E-state index in [0.29, 0.717) is 6.07 Å². The van der Waals surface area contributed by atoms with Crippen molar-refractivity contribution in [1.29, 1.82) is 0 Å². The molecule has 0 atom stereocenters. The summed E-state index contributed by atoms with van der Waals surface area (Å²) in [5.74, 6) is 4.81. The maximum absolute atomic E-state index is 12.4. The summed E-state index contributed by atoms with van der Waals surface area (Å²) in [6.45, 7) is 0. The zero-order valence-electron chi connectivity index (χ0n) is 8.21. The van der Waals surface area contributed by atoms with Crippen molar-refractivity contribution in [2.24, 2.45) is 0 Å². The fourth-order valence-electron chi connectivity index (χ4n) is 1.14. The molecule has 0 unspecified atom stereocenters. The van der Waals surface area contributed by atoms with E-state index in [4.69, 9.17) is 11.6 Å². The Morgan fingerprint density at radius 2 is 2.06 bits per heavy atom. The van der Waals surface area contributed by atoms with Gasteiger partial charge in [-0.05, 0) is 12.1 Å². The molecule has 0 spiro atoms. The zero-order chi connectivity index (χ0) is 13.1. The van der Waals surface area contributed by atoms with Crippen LogP contribution in [-0.2, 0) is 6.18 Å². The van der Waals surface area contributed by atoms with Gasteiger partial charge in [0.1, 0.15) is 5.56 Å². The SMILES string of the molecule is O=[N+]([O-])c1cc(C#CCCl)ccc1C(F)(F)F. The van der Waals surface area contributed by atoms with Gasteiger partial charge in [-0.1, -0.05) is 11.8 Å². The molecule has 0 bridgehead atoms. The largest absolute Gasteiger partial charge is 0.422 e. The minimum absolute atomic E-state index is 0.00514. The smallest absolute Gasteiger partial charge is 0.258 e. The molecule has 0 aliphatic rings. The number of nitro benzene ring substituents is 1. The Bertz CT molecular complexity index is 502. The van der Waals surface area contributed by atoms with E-state index in [1.54, 1.807) is 0 Å². The van der Waals surface area contributed by atoms with Crippen molar-refractivity contribution in [3.05, 3.63) is 39.4 Å². The monoisotopic (exact) mass is 263 g/mol. The number of hydrogen-bond donors (Lipinski definition) is 0. The van der Waals surface area contributed by atoms with Crippen molar-refractivity contribution in [1.82, 2.24) is 0 Å². The maximum Gasteiger partial charge on any atom is 0.422 e. The average molecular weight is 264 g/mol. The second-order valence-corrected chi connectivity index (χ2v) is 3.19. The lowest BCUT2D eigenvalue weighted by molar-refractivity contribution is -0.388. The summed E-state index contributed by atoms with van der Waals surface area (Å²) in [6.07, 6.45) is -4.76. The average Bonchev–Trinajstić information content (AvgIpc) is 2.24. The fourth-order valence-corrected chi connectivity index (χ4v) is 1.20. The van der Waals surface area contributed by atoms with Crippen LogP contribution < -0.4 is 0 Å². The van der Waals surface area contributed by atoms with Gasteiger partial charge in [-0.2, -0.15) is 13.2 Å². The van der Waals surface area contributed by atoms with Crippen molar-refractivity contribution >= 4 is 17.3 Å². The lowest BCUT2D eigenvalue weighted by Crippen LogP contribution is -2.08. The quantitative estimate of drug-likeness (QED) is 0.338. The van der Waals surface area contributed by atoms with E-state index in [9.17, 15) is 23.3 Å². The molecule has 0 fully saturated rings. The van der Waals surface area contributed by atoms with E-state index in [-0.39, 0.29) is 11.4 Å². The molecule has 0 aliphatic carbocycles. The van der Waals surface area contributed by atoms with Crippen molar-refractivity contribution in [2.45, 2.75) is 6.18 Å². The van der Waals surface area contributed by atoms with Gasteiger partial charge in [-0.15, -0.1) is 11.6 Å². The number of rotatable bonds is 1. The predicted octanol–water partition coefficient (Wildman–Crippen LogP) is 3.20. The van der Waals surface area contributed by atoms with E-state index in [1.165, 1.54) is 0 Å². The first-order chi connectivity index (χ1) is 7.86. The summed E-state index contributed by atoms with van der Waals surface area (Å²) >= 11 is 5.27. The van der Waals surface area contributed by atoms with E-state index in [0.717, 1.165) is 12.1 Å². The molecule has 0 radical (unpaired) electrons. The van der Waals surface area contributed by atoms with E-state index < -0.39 is 22.4 Å². The highest BCUT2D eigenvalue weighted by Crippen LogP contribution is 2.36. The molecule has 0 amide bonds. The summed E-state index contributed by atoms with van der Waals surface area (Å²) in [4.78, 5) is 9.44. The predicted molar refractivity (Wildman–Crippen MR) is 55.7 cm³/mol. The van der Waals surface area contributed by atoms with Crippen LogP contribution in [0.4, 0.5) is 18.9 Å². The summed E-state index contributed by atoms with van der Waals surface area (Å²) in [5.41, 5.74) is -2.19. The Balaban J connectivity index is 3.32. The van der Waals surface area contributed by atoms with Crippen LogP contribution in [0, 0.1) is 22.0 Å². The Morgan fingerprint density at radius 3 is 2.53 bits per heavy atom. The van der Waals surface area contributed by atoms with E-state index in [1.807, 2.05) is 0 Å². The van der Waals surface area contributed by atoms with Crippen molar-refractivity contribution in [3.63, 3.8) is 0 Å². The Labute approximate surface area is 99.3 Å². The molecular formula is C10H5ClF3NO2. The van der Waals surface area contributed by atoms with Crippen LogP contribution in [-0.4, -0.2) is 10.8 Å². The van der Waals surface area contributed by atoms with Gasteiger partial charge in [-0.3, -0.25) is 10.1 Å². The molecule has 0 heterocycles. The molecule has 0 aromatic heterocycles. The number of halogens is 4. The Hall–Kier alpha value is -1.74. The molecule has 0 aliphatic heterocycles. The summed E-state index contributed by atoms with van der Waals surface area (Å²) in [7, 11) is 0. The van der Waals surface area contributed by atoms with Gasteiger partial charge in [0.2, 0.25) is 0 Å². The van der Waals surface area contributed by atoms with Crippen LogP contribution in [0.2, 0.25) is 0 Å². The summed E-state index contributed by atoms with van der Waals surface area (Å²) < 4.78 is 37.3. The number of nitro groups is 1. The van der Waals surface area contributed by atoms with Crippen molar-refractivity contribution in [3.8, 4) is 11.8 Å². The minimum atomic E-state index is -4.76. The van der Waals surface area contributed by atoms with Gasteiger partial charge in [-0.25, -0.2) is 0 Å². The topological polar surface area (TPSA) is 43.1 Å². The van der Waals surface area contributed by atoms with Crippen LogP contribution in [0.15, 0.2) is 18.2 Å². The molecule has 7 heteroatoms. The second kappa shape index (κ2) is 5.06. The number of benzene rings is 1. The fraction of sp³-hybridized carbons (Fsp3) is 0.200. The molecule has 1 aromatic carbocycles. The molecule has 90 valence electrons. The normalized spacial score (nSPS) is 10.6. The number of nitrogens with zero attached hydrogens (tertiary/aromatic N) is 1.